The molecule has 2 aromatic rings. The Hall–Kier alpha value is -2.94. The average molecular weight is 390 g/mol. The summed E-state index contributed by atoms with van der Waals surface area (Å²) >= 11 is 0. The van der Waals surface area contributed by atoms with Gasteiger partial charge in [0.15, 0.2) is 0 Å². The number of nitrogens with zero attached hydrogens (tertiary/aromatic N) is 3. The Balaban J connectivity index is 1.58. The number of piperidine rings is 1. The van der Waals surface area contributed by atoms with E-state index in [-0.39, 0.29) is 22.3 Å². The molecule has 4 rings (SSSR count). The smallest absolute Gasteiger partial charge is 0.254 e. The number of carbonyl (C=O) groups excluding carboxylic acids is 1. The predicted octanol–water partition coefficient (Wildman–Crippen LogP) is 3.06. The fourth-order valence-electron chi connectivity index (χ4n) is 4.54. The van der Waals surface area contributed by atoms with Crippen LogP contribution in [0.3, 0.4) is 0 Å². The second-order valence-corrected chi connectivity index (χ2v) is 9.26. The van der Waals surface area contributed by atoms with E-state index >= 15 is 0 Å². The maximum atomic E-state index is 12.9. The Kier molecular flexibility index (Phi) is 4.57. The van der Waals surface area contributed by atoms with E-state index in [0.29, 0.717) is 24.2 Å². The lowest BCUT2D eigenvalue weighted by Gasteiger charge is -2.39. The summed E-state index contributed by atoms with van der Waals surface area (Å²) in [5.41, 5.74) is 2.46. The Labute approximate surface area is 170 Å². The summed E-state index contributed by atoms with van der Waals surface area (Å²) in [6, 6.07) is 8.94. The molecule has 1 spiro atoms. The Morgan fingerprint density at radius 1 is 1.24 bits per heavy atom. The van der Waals surface area contributed by atoms with Gasteiger partial charge in [0.05, 0.1) is 17.3 Å². The molecule has 1 amide bonds. The number of hydrogen-bond acceptors (Lipinski definition) is 4. The number of amides is 1. The van der Waals surface area contributed by atoms with Crippen molar-refractivity contribution in [1.29, 1.82) is 5.26 Å². The van der Waals surface area contributed by atoms with Crippen LogP contribution in [0.4, 0.5) is 0 Å². The monoisotopic (exact) mass is 390 g/mol. The number of aromatic amines is 1. The Morgan fingerprint density at radius 3 is 2.62 bits per heavy atom. The zero-order chi connectivity index (χ0) is 20.8. The zero-order valence-corrected chi connectivity index (χ0v) is 17.2. The van der Waals surface area contributed by atoms with Gasteiger partial charge in [-0.2, -0.15) is 5.26 Å². The fourth-order valence-corrected chi connectivity index (χ4v) is 4.54. The summed E-state index contributed by atoms with van der Waals surface area (Å²) in [6.45, 7) is 7.42. The maximum Gasteiger partial charge on any atom is 0.254 e. The average Bonchev–Trinajstić information content (AvgIpc) is 3.06. The number of H-pyrrole nitrogens is 1. The molecule has 2 heterocycles. The standard InChI is InChI=1S/C23H26N4O2/c1-22(2,3)21-25-18-17(19(28)26-21)7-8-23(18)9-11-27(12-10-23)20(29)16-6-4-5-15(13-16)14-24/h4-6,13H,7-12H2,1-3H3,(H,25,26,28). The molecule has 0 unspecified atom stereocenters. The molecule has 1 saturated heterocycles. The molecule has 29 heavy (non-hydrogen) atoms. The van der Waals surface area contributed by atoms with Crippen molar-refractivity contribution in [2.45, 2.75) is 57.3 Å². The van der Waals surface area contributed by atoms with Crippen molar-refractivity contribution in [1.82, 2.24) is 14.9 Å². The van der Waals surface area contributed by atoms with Crippen LogP contribution in [0.15, 0.2) is 29.1 Å². The first-order chi connectivity index (χ1) is 13.7. The minimum atomic E-state index is -0.222. The lowest BCUT2D eigenvalue weighted by molar-refractivity contribution is 0.0663. The summed E-state index contributed by atoms with van der Waals surface area (Å²) in [4.78, 5) is 35.3. The van der Waals surface area contributed by atoms with Crippen LogP contribution < -0.4 is 5.56 Å². The van der Waals surface area contributed by atoms with Gasteiger partial charge < -0.3 is 9.88 Å². The van der Waals surface area contributed by atoms with Crippen LogP contribution >= 0.6 is 0 Å². The second kappa shape index (κ2) is 6.84. The van der Waals surface area contributed by atoms with Gasteiger partial charge in [-0.25, -0.2) is 4.98 Å². The van der Waals surface area contributed by atoms with Gasteiger partial charge in [0.1, 0.15) is 5.82 Å². The van der Waals surface area contributed by atoms with Crippen molar-refractivity contribution in [2.24, 2.45) is 0 Å². The number of benzene rings is 1. The van der Waals surface area contributed by atoms with Gasteiger partial charge in [-0.05, 0) is 43.9 Å². The van der Waals surface area contributed by atoms with Crippen LogP contribution in [0, 0.1) is 11.3 Å². The third-order valence-corrected chi connectivity index (χ3v) is 6.33. The summed E-state index contributed by atoms with van der Waals surface area (Å²) in [7, 11) is 0. The van der Waals surface area contributed by atoms with Gasteiger partial charge in [-0.15, -0.1) is 0 Å². The first kappa shape index (κ1) is 19.4. The molecule has 0 radical (unpaired) electrons. The van der Waals surface area contributed by atoms with Crippen molar-refractivity contribution in [3.05, 3.63) is 62.8 Å². The molecule has 1 aromatic carbocycles. The molecule has 0 saturated carbocycles. The third-order valence-electron chi connectivity index (χ3n) is 6.33. The highest BCUT2D eigenvalue weighted by Crippen LogP contribution is 2.44. The molecule has 150 valence electrons. The summed E-state index contributed by atoms with van der Waals surface area (Å²) in [5, 5.41) is 9.08. The molecule has 6 heteroatoms. The van der Waals surface area contributed by atoms with Crippen molar-refractivity contribution in [3.63, 3.8) is 0 Å². The first-order valence-corrected chi connectivity index (χ1v) is 10.2. The third kappa shape index (κ3) is 3.35. The minimum Gasteiger partial charge on any atom is -0.339 e. The van der Waals surface area contributed by atoms with Gasteiger partial charge in [0.2, 0.25) is 0 Å². The summed E-state index contributed by atoms with van der Waals surface area (Å²) in [6.07, 6.45) is 3.28. The quantitative estimate of drug-likeness (QED) is 0.810. The molecule has 6 nitrogen and oxygen atoms in total. The minimum absolute atomic E-state index is 0.0105. The van der Waals surface area contributed by atoms with E-state index in [9.17, 15) is 9.59 Å². The number of nitriles is 1. The number of likely N-dealkylation sites (tertiary alicyclic amines) is 1. The zero-order valence-electron chi connectivity index (χ0n) is 17.2. The SMILES string of the molecule is CC(C)(C)c1nc2c(c(=O)[nH]1)CCC21CCN(C(=O)c2cccc(C#N)c2)CC1. The number of rotatable bonds is 1. The van der Waals surface area contributed by atoms with E-state index in [2.05, 4.69) is 31.8 Å². The number of fused-ring (bicyclic) bond motifs is 2. The van der Waals surface area contributed by atoms with Crippen LogP contribution in [-0.2, 0) is 17.3 Å². The highest BCUT2D eigenvalue weighted by Gasteiger charge is 2.45. The number of carbonyl (C=O) groups is 1. The molecule has 1 aromatic heterocycles. The lowest BCUT2D eigenvalue weighted by atomic mass is 9.76. The van der Waals surface area contributed by atoms with E-state index in [0.717, 1.165) is 42.8 Å². The van der Waals surface area contributed by atoms with E-state index in [1.54, 1.807) is 24.3 Å². The van der Waals surface area contributed by atoms with Gasteiger partial charge in [0.25, 0.3) is 11.5 Å². The molecular formula is C23H26N4O2. The fraction of sp³-hybridized carbons (Fsp3) is 0.478. The molecule has 2 aliphatic rings. The number of aromatic nitrogens is 2. The van der Waals surface area contributed by atoms with E-state index < -0.39 is 0 Å². The van der Waals surface area contributed by atoms with Crippen molar-refractivity contribution < 1.29 is 4.79 Å². The van der Waals surface area contributed by atoms with Crippen molar-refractivity contribution >= 4 is 5.91 Å². The Bertz CT molecular complexity index is 1060. The van der Waals surface area contributed by atoms with Crippen LogP contribution in [0.2, 0.25) is 0 Å². The highest BCUT2D eigenvalue weighted by molar-refractivity contribution is 5.94. The molecule has 0 atom stereocenters. The normalized spacial score (nSPS) is 17.8. The highest BCUT2D eigenvalue weighted by atomic mass is 16.2. The van der Waals surface area contributed by atoms with Crippen molar-refractivity contribution in [2.75, 3.05) is 13.1 Å². The number of nitrogens with one attached hydrogen (secondary N) is 1. The van der Waals surface area contributed by atoms with Crippen LogP contribution in [0.25, 0.3) is 0 Å². The van der Waals surface area contributed by atoms with Crippen LogP contribution in [0.1, 0.15) is 73.0 Å². The van der Waals surface area contributed by atoms with Gasteiger partial charge in [-0.1, -0.05) is 26.8 Å². The summed E-state index contributed by atoms with van der Waals surface area (Å²) < 4.78 is 0. The predicted molar refractivity (Wildman–Crippen MR) is 110 cm³/mol. The van der Waals surface area contributed by atoms with E-state index in [1.165, 1.54) is 0 Å². The van der Waals surface area contributed by atoms with E-state index in [1.807, 2.05) is 4.90 Å². The molecule has 1 fully saturated rings. The van der Waals surface area contributed by atoms with Crippen molar-refractivity contribution in [3.8, 4) is 6.07 Å². The molecule has 1 aliphatic carbocycles. The van der Waals surface area contributed by atoms with Crippen LogP contribution in [0.5, 0.6) is 0 Å². The largest absolute Gasteiger partial charge is 0.339 e. The maximum absolute atomic E-state index is 12.9. The van der Waals surface area contributed by atoms with Crippen LogP contribution in [-0.4, -0.2) is 33.9 Å². The van der Waals surface area contributed by atoms with Gasteiger partial charge in [0, 0.05) is 35.0 Å². The molecule has 0 bridgehead atoms. The Morgan fingerprint density at radius 2 is 1.97 bits per heavy atom. The second-order valence-electron chi connectivity index (χ2n) is 9.26. The van der Waals surface area contributed by atoms with Gasteiger partial charge >= 0.3 is 0 Å². The molecule has 1 aliphatic heterocycles. The van der Waals surface area contributed by atoms with Gasteiger partial charge in [-0.3, -0.25) is 9.59 Å². The molecular weight excluding hydrogens is 364 g/mol. The summed E-state index contributed by atoms with van der Waals surface area (Å²) in [5.74, 6) is 0.693. The lowest BCUT2D eigenvalue weighted by Crippen LogP contribution is -2.45. The van der Waals surface area contributed by atoms with E-state index in [4.69, 9.17) is 10.2 Å². The first-order valence-electron chi connectivity index (χ1n) is 10.2. The molecule has 1 N–H and O–H groups in total. The topological polar surface area (TPSA) is 89.8 Å². The number of hydrogen-bond donors (Lipinski definition) is 1.